The van der Waals surface area contributed by atoms with Gasteiger partial charge in [-0.15, -0.1) is 0 Å². The van der Waals surface area contributed by atoms with Crippen molar-refractivity contribution in [3.05, 3.63) is 12.2 Å². The Bertz CT molecular complexity index is 151. The smallest absolute Gasteiger partial charge is 0.220 e. The van der Waals surface area contributed by atoms with Gasteiger partial charge >= 0.3 is 0 Å². The number of carbonyl (C=O) groups excluding carboxylic acids is 1. The van der Waals surface area contributed by atoms with Crippen molar-refractivity contribution in [2.75, 3.05) is 0 Å². The van der Waals surface area contributed by atoms with E-state index in [1.54, 1.807) is 0 Å². The average molecular weight is 125 g/mol. The second-order valence-electron chi connectivity index (χ2n) is 2.51. The molecular weight excluding hydrogens is 114 g/mol. The molecule has 1 atom stereocenters. The highest BCUT2D eigenvalue weighted by molar-refractivity contribution is 5.79. The maximum Gasteiger partial charge on any atom is 0.220 e. The van der Waals surface area contributed by atoms with E-state index in [1.807, 2.05) is 6.92 Å². The largest absolute Gasteiger partial charge is 0.350 e. The maximum absolute atomic E-state index is 10.6. The van der Waals surface area contributed by atoms with Crippen LogP contribution in [0.4, 0.5) is 0 Å². The molecular formula is C7H11NO. The van der Waals surface area contributed by atoms with E-state index < -0.39 is 0 Å². The zero-order valence-corrected chi connectivity index (χ0v) is 5.61. The highest BCUT2D eigenvalue weighted by Gasteiger charge is 2.20. The molecule has 0 saturated carbocycles. The summed E-state index contributed by atoms with van der Waals surface area (Å²) in [5.74, 6) is 0.156. The van der Waals surface area contributed by atoms with Gasteiger partial charge in [-0.3, -0.25) is 4.79 Å². The Morgan fingerprint density at radius 3 is 2.78 bits per heavy atom. The van der Waals surface area contributed by atoms with Crippen LogP contribution in [0.5, 0.6) is 0 Å². The molecule has 0 aromatic heterocycles. The molecule has 0 spiro atoms. The topological polar surface area (TPSA) is 29.1 Å². The Kier molecular flexibility index (Phi) is 1.56. The van der Waals surface area contributed by atoms with E-state index in [-0.39, 0.29) is 11.9 Å². The lowest BCUT2D eigenvalue weighted by Gasteiger charge is -2.06. The van der Waals surface area contributed by atoms with Gasteiger partial charge in [0.2, 0.25) is 5.91 Å². The summed E-state index contributed by atoms with van der Waals surface area (Å²) in [6, 6.07) is 0.248. The molecule has 1 rings (SSSR count). The van der Waals surface area contributed by atoms with Crippen LogP contribution in [0.2, 0.25) is 0 Å². The molecule has 2 nitrogen and oxygen atoms in total. The molecule has 1 saturated heterocycles. The van der Waals surface area contributed by atoms with Crippen molar-refractivity contribution in [3.8, 4) is 0 Å². The number of hydrogen-bond donors (Lipinski definition) is 1. The molecule has 0 aromatic rings. The first-order valence-electron chi connectivity index (χ1n) is 3.15. The summed E-state index contributed by atoms with van der Waals surface area (Å²) in [4.78, 5) is 10.6. The van der Waals surface area contributed by atoms with Gasteiger partial charge < -0.3 is 5.32 Å². The van der Waals surface area contributed by atoms with Gasteiger partial charge in [0.1, 0.15) is 0 Å². The van der Waals surface area contributed by atoms with Gasteiger partial charge in [-0.05, 0) is 13.3 Å². The molecule has 9 heavy (non-hydrogen) atoms. The van der Waals surface area contributed by atoms with Crippen LogP contribution in [0.15, 0.2) is 12.2 Å². The van der Waals surface area contributed by atoms with Gasteiger partial charge in [0.25, 0.3) is 0 Å². The molecule has 1 amide bonds. The molecule has 0 aliphatic carbocycles. The van der Waals surface area contributed by atoms with E-state index in [2.05, 4.69) is 11.9 Å². The van der Waals surface area contributed by atoms with E-state index in [1.165, 1.54) is 0 Å². The van der Waals surface area contributed by atoms with Gasteiger partial charge in [-0.1, -0.05) is 12.2 Å². The van der Waals surface area contributed by atoms with Crippen molar-refractivity contribution >= 4 is 5.91 Å². The first-order valence-corrected chi connectivity index (χ1v) is 3.15. The normalized spacial score (nSPS) is 25.9. The average Bonchev–Trinajstić information content (AvgIpc) is 2.14. The number of carbonyl (C=O) groups is 1. The first kappa shape index (κ1) is 6.33. The van der Waals surface area contributed by atoms with Crippen LogP contribution in [0, 0.1) is 0 Å². The quantitative estimate of drug-likeness (QED) is 0.517. The molecule has 0 aromatic carbocycles. The van der Waals surface area contributed by atoms with Crippen LogP contribution in [0.1, 0.15) is 19.8 Å². The zero-order chi connectivity index (χ0) is 6.85. The van der Waals surface area contributed by atoms with Crippen molar-refractivity contribution in [3.63, 3.8) is 0 Å². The molecule has 1 aliphatic rings. The standard InChI is InChI=1S/C7H11NO/c1-5(2)6-3-4-7(9)8-6/h6H,1,3-4H2,2H3,(H,8,9). The summed E-state index contributed by atoms with van der Waals surface area (Å²) in [7, 11) is 0. The Morgan fingerprint density at radius 2 is 2.56 bits per heavy atom. The third-order valence-electron chi connectivity index (χ3n) is 1.59. The van der Waals surface area contributed by atoms with Crippen LogP contribution in [-0.2, 0) is 4.79 Å². The Hall–Kier alpha value is -0.790. The van der Waals surface area contributed by atoms with E-state index in [0.717, 1.165) is 12.0 Å². The minimum Gasteiger partial charge on any atom is -0.350 e. The molecule has 2 heteroatoms. The summed E-state index contributed by atoms with van der Waals surface area (Å²) < 4.78 is 0. The highest BCUT2D eigenvalue weighted by Crippen LogP contribution is 2.12. The van der Waals surface area contributed by atoms with Gasteiger partial charge in [0, 0.05) is 12.5 Å². The van der Waals surface area contributed by atoms with Crippen LogP contribution in [-0.4, -0.2) is 11.9 Å². The SMILES string of the molecule is C=C(C)C1CCC(=O)N1. The lowest BCUT2D eigenvalue weighted by Crippen LogP contribution is -2.25. The third kappa shape index (κ3) is 1.31. The van der Waals surface area contributed by atoms with Crippen LogP contribution >= 0.6 is 0 Å². The molecule has 1 aliphatic heterocycles. The van der Waals surface area contributed by atoms with E-state index in [9.17, 15) is 4.79 Å². The predicted octanol–water partition coefficient (Wildman–Crippen LogP) is 0.841. The molecule has 1 heterocycles. The third-order valence-corrected chi connectivity index (χ3v) is 1.59. The fraction of sp³-hybridized carbons (Fsp3) is 0.571. The van der Waals surface area contributed by atoms with Crippen molar-refractivity contribution in [1.82, 2.24) is 5.32 Å². The van der Waals surface area contributed by atoms with Crippen molar-refractivity contribution in [2.45, 2.75) is 25.8 Å². The predicted molar refractivity (Wildman–Crippen MR) is 36.0 cm³/mol. The fourth-order valence-electron chi connectivity index (χ4n) is 0.984. The van der Waals surface area contributed by atoms with Crippen molar-refractivity contribution in [2.24, 2.45) is 0 Å². The Labute approximate surface area is 54.9 Å². The van der Waals surface area contributed by atoms with Crippen LogP contribution in [0.25, 0.3) is 0 Å². The molecule has 1 unspecified atom stereocenters. The number of nitrogens with one attached hydrogen (secondary N) is 1. The van der Waals surface area contributed by atoms with E-state index >= 15 is 0 Å². The summed E-state index contributed by atoms with van der Waals surface area (Å²) in [6.45, 7) is 5.70. The number of amides is 1. The molecule has 50 valence electrons. The summed E-state index contributed by atoms with van der Waals surface area (Å²) in [5.41, 5.74) is 1.06. The second-order valence-corrected chi connectivity index (χ2v) is 2.51. The number of rotatable bonds is 1. The molecule has 1 N–H and O–H groups in total. The molecule has 1 fully saturated rings. The van der Waals surface area contributed by atoms with Gasteiger partial charge in [-0.2, -0.15) is 0 Å². The van der Waals surface area contributed by atoms with Crippen LogP contribution in [0.3, 0.4) is 0 Å². The fourth-order valence-corrected chi connectivity index (χ4v) is 0.984. The second kappa shape index (κ2) is 2.21. The van der Waals surface area contributed by atoms with E-state index in [4.69, 9.17) is 0 Å². The Morgan fingerprint density at radius 1 is 1.89 bits per heavy atom. The van der Waals surface area contributed by atoms with Gasteiger partial charge in [-0.25, -0.2) is 0 Å². The highest BCUT2D eigenvalue weighted by atomic mass is 16.1. The summed E-state index contributed by atoms with van der Waals surface area (Å²) >= 11 is 0. The van der Waals surface area contributed by atoms with Crippen LogP contribution < -0.4 is 5.32 Å². The summed E-state index contributed by atoms with van der Waals surface area (Å²) in [6.07, 6.45) is 1.59. The molecule has 0 bridgehead atoms. The Balaban J connectivity index is 2.48. The zero-order valence-electron chi connectivity index (χ0n) is 5.61. The lowest BCUT2D eigenvalue weighted by atomic mass is 10.1. The monoisotopic (exact) mass is 125 g/mol. The van der Waals surface area contributed by atoms with Crippen molar-refractivity contribution in [1.29, 1.82) is 0 Å². The summed E-state index contributed by atoms with van der Waals surface area (Å²) in [5, 5.41) is 2.81. The first-order chi connectivity index (χ1) is 4.20. The number of hydrogen-bond acceptors (Lipinski definition) is 1. The maximum atomic E-state index is 10.6. The minimum absolute atomic E-state index is 0.156. The van der Waals surface area contributed by atoms with Crippen molar-refractivity contribution < 1.29 is 4.79 Å². The van der Waals surface area contributed by atoms with E-state index in [0.29, 0.717) is 6.42 Å². The minimum atomic E-state index is 0.156. The lowest BCUT2D eigenvalue weighted by molar-refractivity contribution is -0.119. The molecule has 0 radical (unpaired) electrons. The van der Waals surface area contributed by atoms with Gasteiger partial charge in [0.15, 0.2) is 0 Å². The van der Waals surface area contributed by atoms with Gasteiger partial charge in [0.05, 0.1) is 0 Å².